The van der Waals surface area contributed by atoms with Crippen molar-refractivity contribution in [2.45, 2.75) is 0 Å². The standard InChI is InChI=1S/C15H14N2O5/c1-21-10-6-9(7-11(8-10)22-2)4-3-5-12-13(18)16-15(20)17-14(12)19/h3-8H,1-2H3,(H2,16,17,18,19,20)/b4-3+. The molecule has 114 valence electrons. The third kappa shape index (κ3) is 3.51. The Kier molecular flexibility index (Phi) is 4.57. The SMILES string of the molecule is COc1cc(/C=C/C=C2C(=O)NC(=O)NC2=O)cc(OC)c1. The van der Waals surface area contributed by atoms with E-state index in [4.69, 9.17) is 9.47 Å². The molecular formula is C15H14N2O5. The monoisotopic (exact) mass is 302 g/mol. The lowest BCUT2D eigenvalue weighted by atomic mass is 10.1. The van der Waals surface area contributed by atoms with Crippen molar-refractivity contribution >= 4 is 23.9 Å². The maximum atomic E-state index is 11.5. The average molecular weight is 302 g/mol. The molecule has 1 heterocycles. The fourth-order valence-corrected chi connectivity index (χ4v) is 1.81. The number of allylic oxidation sites excluding steroid dienone is 2. The Morgan fingerprint density at radius 1 is 0.909 bits per heavy atom. The third-order valence-electron chi connectivity index (χ3n) is 2.87. The highest BCUT2D eigenvalue weighted by Gasteiger charge is 2.26. The van der Waals surface area contributed by atoms with E-state index in [9.17, 15) is 14.4 Å². The molecule has 0 saturated carbocycles. The van der Waals surface area contributed by atoms with Crippen molar-refractivity contribution in [2.75, 3.05) is 14.2 Å². The number of amides is 4. The molecule has 7 nitrogen and oxygen atoms in total. The summed E-state index contributed by atoms with van der Waals surface area (Å²) in [7, 11) is 3.08. The summed E-state index contributed by atoms with van der Waals surface area (Å²) in [5.74, 6) is -0.237. The molecule has 1 fully saturated rings. The average Bonchev–Trinajstić information content (AvgIpc) is 2.49. The Morgan fingerprint density at radius 2 is 1.45 bits per heavy atom. The molecule has 1 aromatic rings. The highest BCUT2D eigenvalue weighted by molar-refractivity contribution is 6.29. The highest BCUT2D eigenvalue weighted by Crippen LogP contribution is 2.23. The van der Waals surface area contributed by atoms with E-state index in [-0.39, 0.29) is 5.57 Å². The summed E-state index contributed by atoms with van der Waals surface area (Å²) in [6, 6.07) is 4.43. The predicted octanol–water partition coefficient (Wildman–Crippen LogP) is 1.01. The van der Waals surface area contributed by atoms with E-state index >= 15 is 0 Å². The first-order valence-corrected chi connectivity index (χ1v) is 6.31. The van der Waals surface area contributed by atoms with Crippen LogP contribution < -0.4 is 20.1 Å². The van der Waals surface area contributed by atoms with Gasteiger partial charge in [0.15, 0.2) is 0 Å². The van der Waals surface area contributed by atoms with E-state index in [1.165, 1.54) is 26.4 Å². The van der Waals surface area contributed by atoms with Crippen molar-refractivity contribution in [3.05, 3.63) is 41.5 Å². The van der Waals surface area contributed by atoms with Crippen LogP contribution in [0, 0.1) is 0 Å². The number of barbiturate groups is 1. The van der Waals surface area contributed by atoms with Crippen molar-refractivity contribution in [1.82, 2.24) is 10.6 Å². The molecule has 2 rings (SSSR count). The fourth-order valence-electron chi connectivity index (χ4n) is 1.81. The van der Waals surface area contributed by atoms with Crippen LogP contribution in [0.4, 0.5) is 4.79 Å². The van der Waals surface area contributed by atoms with Gasteiger partial charge >= 0.3 is 6.03 Å². The lowest BCUT2D eigenvalue weighted by Gasteiger charge is -2.13. The minimum Gasteiger partial charge on any atom is -0.497 e. The van der Waals surface area contributed by atoms with Gasteiger partial charge in [0, 0.05) is 6.07 Å². The smallest absolute Gasteiger partial charge is 0.328 e. The van der Waals surface area contributed by atoms with Gasteiger partial charge in [0.1, 0.15) is 17.1 Å². The molecule has 0 aromatic heterocycles. The Hall–Kier alpha value is -3.09. The lowest BCUT2D eigenvalue weighted by Crippen LogP contribution is -2.51. The number of urea groups is 1. The van der Waals surface area contributed by atoms with Gasteiger partial charge in [-0.1, -0.05) is 12.2 Å². The Morgan fingerprint density at radius 3 is 1.95 bits per heavy atom. The zero-order chi connectivity index (χ0) is 16.1. The highest BCUT2D eigenvalue weighted by atomic mass is 16.5. The lowest BCUT2D eigenvalue weighted by molar-refractivity contribution is -0.124. The maximum Gasteiger partial charge on any atom is 0.328 e. The molecule has 1 aliphatic heterocycles. The second kappa shape index (κ2) is 6.57. The summed E-state index contributed by atoms with van der Waals surface area (Å²) in [6.45, 7) is 0. The van der Waals surface area contributed by atoms with Crippen LogP contribution in [0.2, 0.25) is 0 Å². The number of nitrogens with one attached hydrogen (secondary N) is 2. The molecule has 4 amide bonds. The molecule has 1 saturated heterocycles. The first-order chi connectivity index (χ1) is 10.5. The van der Waals surface area contributed by atoms with Gasteiger partial charge < -0.3 is 9.47 Å². The summed E-state index contributed by atoms with van der Waals surface area (Å²) in [5, 5.41) is 3.99. The van der Waals surface area contributed by atoms with Crippen LogP contribution in [0.15, 0.2) is 35.9 Å². The summed E-state index contributed by atoms with van der Waals surface area (Å²) in [5.41, 5.74) is 0.617. The second-order valence-electron chi connectivity index (χ2n) is 4.32. The van der Waals surface area contributed by atoms with Crippen LogP contribution >= 0.6 is 0 Å². The molecule has 2 N–H and O–H groups in total. The quantitative estimate of drug-likeness (QED) is 0.639. The molecule has 22 heavy (non-hydrogen) atoms. The first kappa shape index (κ1) is 15.3. The van der Waals surface area contributed by atoms with Gasteiger partial charge in [0.25, 0.3) is 11.8 Å². The summed E-state index contributed by atoms with van der Waals surface area (Å²) in [6.07, 6.45) is 4.52. The van der Waals surface area contributed by atoms with Gasteiger partial charge in [0.2, 0.25) is 0 Å². The maximum absolute atomic E-state index is 11.5. The molecule has 0 aliphatic carbocycles. The van der Waals surface area contributed by atoms with E-state index in [2.05, 4.69) is 0 Å². The minimum atomic E-state index is -0.825. The molecular weight excluding hydrogens is 288 g/mol. The predicted molar refractivity (Wildman–Crippen MR) is 78.3 cm³/mol. The molecule has 0 radical (unpaired) electrons. The number of hydrogen-bond donors (Lipinski definition) is 2. The number of carbonyl (C=O) groups is 3. The topological polar surface area (TPSA) is 93.7 Å². The van der Waals surface area contributed by atoms with Crippen molar-refractivity contribution < 1.29 is 23.9 Å². The molecule has 0 atom stereocenters. The summed E-state index contributed by atoms with van der Waals surface area (Å²) < 4.78 is 10.3. The van der Waals surface area contributed by atoms with Crippen molar-refractivity contribution in [3.63, 3.8) is 0 Å². The van der Waals surface area contributed by atoms with Crippen molar-refractivity contribution in [1.29, 1.82) is 0 Å². The van der Waals surface area contributed by atoms with Crippen molar-refractivity contribution in [3.8, 4) is 11.5 Å². The Bertz CT molecular complexity index is 647. The van der Waals surface area contributed by atoms with Crippen LogP contribution in [0.3, 0.4) is 0 Å². The molecule has 0 spiro atoms. The Labute approximate surface area is 126 Å². The normalized spacial score (nSPS) is 14.6. The van der Waals surface area contributed by atoms with Crippen LogP contribution in [-0.2, 0) is 9.59 Å². The number of carbonyl (C=O) groups excluding carboxylic acids is 3. The van der Waals surface area contributed by atoms with Gasteiger partial charge in [-0.2, -0.15) is 0 Å². The fraction of sp³-hybridized carbons (Fsp3) is 0.133. The third-order valence-corrected chi connectivity index (χ3v) is 2.87. The second-order valence-corrected chi connectivity index (χ2v) is 4.32. The van der Waals surface area contributed by atoms with Crippen LogP contribution in [0.25, 0.3) is 6.08 Å². The summed E-state index contributed by atoms with van der Waals surface area (Å²) >= 11 is 0. The zero-order valence-corrected chi connectivity index (χ0v) is 12.0. The first-order valence-electron chi connectivity index (χ1n) is 6.31. The van der Waals surface area contributed by atoms with Gasteiger partial charge in [-0.05, 0) is 23.8 Å². The van der Waals surface area contributed by atoms with E-state index in [0.717, 1.165) is 5.56 Å². The number of imide groups is 2. The molecule has 0 bridgehead atoms. The number of ether oxygens (including phenoxy) is 2. The van der Waals surface area contributed by atoms with Crippen molar-refractivity contribution in [2.24, 2.45) is 0 Å². The number of methoxy groups -OCH3 is 2. The van der Waals surface area contributed by atoms with Gasteiger partial charge in [-0.3, -0.25) is 20.2 Å². The summed E-state index contributed by atoms with van der Waals surface area (Å²) in [4.78, 5) is 34.0. The van der Waals surface area contributed by atoms with Crippen LogP contribution in [0.5, 0.6) is 11.5 Å². The molecule has 0 unspecified atom stereocenters. The zero-order valence-electron chi connectivity index (χ0n) is 12.0. The van der Waals surface area contributed by atoms with Gasteiger partial charge in [-0.25, -0.2) is 4.79 Å². The number of hydrogen-bond acceptors (Lipinski definition) is 5. The number of benzene rings is 1. The molecule has 1 aliphatic rings. The van der Waals surface area contributed by atoms with E-state index in [0.29, 0.717) is 11.5 Å². The van der Waals surface area contributed by atoms with Gasteiger partial charge in [-0.15, -0.1) is 0 Å². The molecule has 7 heteroatoms. The van der Waals surface area contributed by atoms with E-state index < -0.39 is 17.8 Å². The van der Waals surface area contributed by atoms with Crippen LogP contribution in [-0.4, -0.2) is 32.1 Å². The van der Waals surface area contributed by atoms with Crippen LogP contribution in [0.1, 0.15) is 5.56 Å². The van der Waals surface area contributed by atoms with E-state index in [1.54, 1.807) is 24.3 Å². The molecule has 1 aromatic carbocycles. The minimum absolute atomic E-state index is 0.147. The Balaban J connectivity index is 2.21. The van der Waals surface area contributed by atoms with Gasteiger partial charge in [0.05, 0.1) is 14.2 Å². The number of rotatable bonds is 4. The van der Waals surface area contributed by atoms with E-state index in [1.807, 2.05) is 10.6 Å². The largest absolute Gasteiger partial charge is 0.497 e.